The highest BCUT2D eigenvalue weighted by Crippen LogP contribution is 2.42. The molecule has 2 heterocycles. The molecular formula is C11H10BrCl3N2O4S. The average Bonchev–Trinajstić information content (AvgIpc) is 2.41. The van der Waals surface area contributed by atoms with Gasteiger partial charge in [0, 0.05) is 17.2 Å². The Bertz CT molecular complexity index is 566. The summed E-state index contributed by atoms with van der Waals surface area (Å²) in [5.41, 5.74) is 0.0737. The second-order valence-electron chi connectivity index (χ2n) is 4.53. The molecule has 2 rings (SSSR count). The zero-order chi connectivity index (χ0) is 16.7. The van der Waals surface area contributed by atoms with Crippen LogP contribution in [0.25, 0.3) is 0 Å². The van der Waals surface area contributed by atoms with Crippen molar-refractivity contribution < 1.29 is 19.1 Å². The minimum absolute atomic E-state index is 0.0737. The van der Waals surface area contributed by atoms with Gasteiger partial charge in [-0.3, -0.25) is 14.5 Å². The smallest absolute Gasteiger partial charge is 0.356 e. The van der Waals surface area contributed by atoms with Crippen LogP contribution in [0.15, 0.2) is 10.2 Å². The molecule has 0 spiro atoms. The number of carbonyl (C=O) groups is 3. The first-order chi connectivity index (χ1) is 10.1. The topological polar surface area (TPSA) is 75.7 Å². The number of fused-ring (bicyclic) bond motifs is 1. The number of hydrogen-bond acceptors (Lipinski definition) is 5. The summed E-state index contributed by atoms with van der Waals surface area (Å²) in [4.78, 5) is 36.7. The third-order valence-electron chi connectivity index (χ3n) is 2.84. The van der Waals surface area contributed by atoms with E-state index in [1.807, 2.05) is 0 Å². The zero-order valence-corrected chi connectivity index (χ0v) is 15.7. The monoisotopic (exact) mass is 450 g/mol. The lowest BCUT2D eigenvalue weighted by atomic mass is 10.1. The molecule has 0 saturated carbocycles. The molecule has 0 aromatic rings. The van der Waals surface area contributed by atoms with Crippen molar-refractivity contribution >= 4 is 80.3 Å². The summed E-state index contributed by atoms with van der Waals surface area (Å²) in [6, 6.07) is -0.654. The number of esters is 1. The maximum absolute atomic E-state index is 12.1. The number of hydrogen-bond donors (Lipinski definition) is 1. The first-order valence-electron chi connectivity index (χ1n) is 5.96. The molecule has 0 bridgehead atoms. The number of halogens is 4. The molecule has 2 aliphatic heterocycles. The first-order valence-corrected chi connectivity index (χ1v) is 8.93. The SMILES string of the molecule is CC(=O)NC1C(=O)N2C(C(=O)OCC(Cl)(Cl)Cl)=C(Br)CS[C@H]12. The number of nitrogens with one attached hydrogen (secondary N) is 1. The highest BCUT2D eigenvalue weighted by atomic mass is 79.9. The normalized spacial score (nSPS) is 24.6. The molecule has 1 unspecified atom stereocenters. The predicted octanol–water partition coefficient (Wildman–Crippen LogP) is 1.93. The van der Waals surface area contributed by atoms with Crippen LogP contribution in [0.3, 0.4) is 0 Å². The van der Waals surface area contributed by atoms with Crippen LogP contribution in [0, 0.1) is 0 Å². The second kappa shape index (κ2) is 6.76. The van der Waals surface area contributed by atoms with Gasteiger partial charge in [0.2, 0.25) is 9.70 Å². The number of β-lactam (4-membered cyclic amide) rings is 1. The molecule has 11 heteroatoms. The maximum Gasteiger partial charge on any atom is 0.356 e. The van der Waals surface area contributed by atoms with Crippen molar-refractivity contribution in [3.8, 4) is 0 Å². The maximum atomic E-state index is 12.1. The number of thioether (sulfide) groups is 1. The van der Waals surface area contributed by atoms with Crippen LogP contribution >= 0.6 is 62.5 Å². The lowest BCUT2D eigenvalue weighted by molar-refractivity contribution is -0.152. The number of amides is 2. The molecule has 0 radical (unpaired) electrons. The molecular weight excluding hydrogens is 442 g/mol. The van der Waals surface area contributed by atoms with Gasteiger partial charge in [-0.1, -0.05) is 50.7 Å². The van der Waals surface area contributed by atoms with E-state index in [0.29, 0.717) is 10.2 Å². The Hall–Kier alpha value is -0.150. The van der Waals surface area contributed by atoms with Crippen LogP contribution in [0.2, 0.25) is 0 Å². The van der Waals surface area contributed by atoms with Gasteiger partial charge in [-0.05, 0) is 0 Å². The van der Waals surface area contributed by atoms with Gasteiger partial charge in [-0.15, -0.1) is 11.8 Å². The molecule has 0 aliphatic carbocycles. The fourth-order valence-electron chi connectivity index (χ4n) is 2.01. The van der Waals surface area contributed by atoms with Gasteiger partial charge in [-0.2, -0.15) is 0 Å². The lowest BCUT2D eigenvalue weighted by Gasteiger charge is -2.49. The predicted molar refractivity (Wildman–Crippen MR) is 87.9 cm³/mol. The van der Waals surface area contributed by atoms with Gasteiger partial charge in [0.25, 0.3) is 5.91 Å². The van der Waals surface area contributed by atoms with Crippen LogP contribution in [-0.2, 0) is 19.1 Å². The van der Waals surface area contributed by atoms with Crippen LogP contribution < -0.4 is 5.32 Å². The minimum atomic E-state index is -1.73. The van der Waals surface area contributed by atoms with E-state index in [9.17, 15) is 14.4 Å². The average molecular weight is 453 g/mol. The Morgan fingerprint density at radius 2 is 2.14 bits per heavy atom. The molecule has 1 saturated heterocycles. The molecule has 22 heavy (non-hydrogen) atoms. The van der Waals surface area contributed by atoms with Crippen LogP contribution in [0.4, 0.5) is 0 Å². The van der Waals surface area contributed by atoms with Crippen molar-refractivity contribution in [1.29, 1.82) is 0 Å². The van der Waals surface area contributed by atoms with Crippen molar-refractivity contribution in [2.45, 2.75) is 22.1 Å². The van der Waals surface area contributed by atoms with Crippen molar-refractivity contribution in [1.82, 2.24) is 10.2 Å². The summed E-state index contributed by atoms with van der Waals surface area (Å²) in [6.45, 7) is 0.889. The Morgan fingerprint density at radius 1 is 1.50 bits per heavy atom. The lowest BCUT2D eigenvalue weighted by Crippen LogP contribution is -2.70. The van der Waals surface area contributed by atoms with Crippen LogP contribution in [0.5, 0.6) is 0 Å². The Morgan fingerprint density at radius 3 is 2.68 bits per heavy atom. The molecule has 6 nitrogen and oxygen atoms in total. The molecule has 2 amide bonds. The number of carbonyl (C=O) groups excluding carboxylic acids is 3. The number of nitrogens with zero attached hydrogens (tertiary/aromatic N) is 1. The fourth-order valence-corrected chi connectivity index (χ4v) is 4.11. The van der Waals surface area contributed by atoms with Gasteiger partial charge in [0.1, 0.15) is 23.7 Å². The first kappa shape index (κ1) is 18.2. The summed E-state index contributed by atoms with van der Waals surface area (Å²) >= 11 is 21.3. The summed E-state index contributed by atoms with van der Waals surface area (Å²) < 4.78 is 3.70. The van der Waals surface area contributed by atoms with Crippen LogP contribution in [0.1, 0.15) is 6.92 Å². The van der Waals surface area contributed by atoms with E-state index in [2.05, 4.69) is 21.2 Å². The van der Waals surface area contributed by atoms with E-state index in [1.165, 1.54) is 23.6 Å². The molecule has 2 atom stereocenters. The zero-order valence-electron chi connectivity index (χ0n) is 11.1. The molecule has 1 N–H and O–H groups in total. The summed E-state index contributed by atoms with van der Waals surface area (Å²) in [5.74, 6) is -1.00. The third-order valence-corrected chi connectivity index (χ3v) is 5.48. The molecule has 122 valence electrons. The molecule has 1 fully saturated rings. The number of alkyl halides is 3. The summed E-state index contributed by atoms with van der Waals surface area (Å²) in [7, 11) is 0. The van der Waals surface area contributed by atoms with Gasteiger partial charge < -0.3 is 10.1 Å². The fraction of sp³-hybridized carbons (Fsp3) is 0.545. The number of rotatable bonds is 3. The minimum Gasteiger partial charge on any atom is -0.456 e. The summed E-state index contributed by atoms with van der Waals surface area (Å²) in [5, 5.41) is 2.20. The highest BCUT2D eigenvalue weighted by Gasteiger charge is 2.54. The number of ether oxygens (including phenoxy) is 1. The molecule has 2 aliphatic rings. The van der Waals surface area contributed by atoms with E-state index in [0.717, 1.165) is 0 Å². The molecule has 0 aromatic carbocycles. The van der Waals surface area contributed by atoms with Crippen molar-refractivity contribution in [2.75, 3.05) is 12.4 Å². The van der Waals surface area contributed by atoms with Crippen LogP contribution in [-0.4, -0.2) is 50.3 Å². The molecule has 0 aromatic heterocycles. The van der Waals surface area contributed by atoms with E-state index in [-0.39, 0.29) is 22.9 Å². The Kier molecular flexibility index (Phi) is 5.59. The van der Waals surface area contributed by atoms with Crippen molar-refractivity contribution in [3.63, 3.8) is 0 Å². The standard InChI is InChI=1S/C11H10BrCl3N2O4S/c1-4(18)16-6-8(19)17-7(5(12)2-22-9(6)17)10(20)21-3-11(13,14)15/h6,9H,2-3H2,1H3,(H,16,18)/t6?,9-/m1/s1. The Balaban J connectivity index is 2.12. The van der Waals surface area contributed by atoms with Crippen molar-refractivity contribution in [2.24, 2.45) is 0 Å². The van der Waals surface area contributed by atoms with Crippen molar-refractivity contribution in [3.05, 3.63) is 10.2 Å². The third kappa shape index (κ3) is 3.84. The van der Waals surface area contributed by atoms with E-state index in [1.54, 1.807) is 0 Å². The van der Waals surface area contributed by atoms with Gasteiger partial charge in [0.15, 0.2) is 0 Å². The highest BCUT2D eigenvalue weighted by molar-refractivity contribution is 9.11. The Labute approximate surface area is 153 Å². The quantitative estimate of drug-likeness (QED) is 0.402. The van der Waals surface area contributed by atoms with E-state index >= 15 is 0 Å². The largest absolute Gasteiger partial charge is 0.456 e. The summed E-state index contributed by atoms with van der Waals surface area (Å²) in [6.07, 6.45) is 0. The van der Waals surface area contributed by atoms with Gasteiger partial charge in [-0.25, -0.2) is 4.79 Å². The van der Waals surface area contributed by atoms with Gasteiger partial charge in [0.05, 0.1) is 0 Å². The van der Waals surface area contributed by atoms with E-state index in [4.69, 9.17) is 39.5 Å². The second-order valence-corrected chi connectivity index (χ2v) is 9.11. The van der Waals surface area contributed by atoms with Gasteiger partial charge >= 0.3 is 5.97 Å². The van der Waals surface area contributed by atoms with E-state index < -0.39 is 22.4 Å².